The minimum atomic E-state index is 0.521. The molecule has 380 valence electrons. The third-order valence-electron chi connectivity index (χ3n) is 12.9. The van der Waals surface area contributed by atoms with Crippen molar-refractivity contribution in [2.45, 2.75) is 0 Å². The van der Waals surface area contributed by atoms with Crippen LogP contribution in [0.1, 0.15) is 22.3 Å². The van der Waals surface area contributed by atoms with Gasteiger partial charge in [-0.25, -0.2) is 0 Å². The van der Waals surface area contributed by atoms with Gasteiger partial charge in [-0.15, -0.1) is 0 Å². The molecule has 0 spiro atoms. The Kier molecular flexibility index (Phi) is 16.1. The minimum absolute atomic E-state index is 0.521. The van der Waals surface area contributed by atoms with Crippen LogP contribution in [0.3, 0.4) is 0 Å². The fourth-order valence-electron chi connectivity index (χ4n) is 9.22. The van der Waals surface area contributed by atoms with Crippen LogP contribution < -0.4 is 56.8 Å². The van der Waals surface area contributed by atoms with E-state index in [9.17, 15) is 0 Å². The van der Waals surface area contributed by atoms with E-state index < -0.39 is 0 Å². The lowest BCUT2D eigenvalue weighted by molar-refractivity contribution is 0.324. The van der Waals surface area contributed by atoms with Crippen LogP contribution >= 0.6 is 0 Å². The van der Waals surface area contributed by atoms with Crippen LogP contribution in [0.5, 0.6) is 69.0 Å². The molecule has 0 saturated carbocycles. The standard InChI is InChI=1S/C62H60O12/c1-63-49-29-45(30-50(64-2)59(49)71-9)37-13-21-41(22-14-37)57(42-23-15-38(16-24-42)46-31-51(65-3)60(72-10)52(32-46)66-4)58(43-25-17-39(18-26-43)47-33-53(67-5)61(73-11)54(34-47)68-6)44-27-19-40(20-28-44)48-35-55(69-7)62(74-12)56(36-48)70-8/h13-36H,1-12H3. The number of rotatable bonds is 20. The quantitative estimate of drug-likeness (QED) is 0.0678. The summed E-state index contributed by atoms with van der Waals surface area (Å²) in [6, 6.07) is 49.7. The van der Waals surface area contributed by atoms with Gasteiger partial charge in [-0.1, -0.05) is 97.1 Å². The average molecular weight is 997 g/mol. The minimum Gasteiger partial charge on any atom is -0.493 e. The van der Waals surface area contributed by atoms with Gasteiger partial charge in [0.05, 0.1) is 85.3 Å². The van der Waals surface area contributed by atoms with E-state index in [1.54, 1.807) is 85.3 Å². The molecule has 0 saturated heterocycles. The van der Waals surface area contributed by atoms with Gasteiger partial charge in [0, 0.05) is 0 Å². The third-order valence-corrected chi connectivity index (χ3v) is 12.9. The van der Waals surface area contributed by atoms with Crippen LogP contribution in [0.25, 0.3) is 55.7 Å². The van der Waals surface area contributed by atoms with Crippen molar-refractivity contribution in [3.05, 3.63) is 168 Å². The first-order valence-electron chi connectivity index (χ1n) is 23.5. The largest absolute Gasteiger partial charge is 0.493 e. The zero-order valence-electron chi connectivity index (χ0n) is 43.8. The first-order valence-corrected chi connectivity index (χ1v) is 23.5. The van der Waals surface area contributed by atoms with Crippen molar-refractivity contribution in [2.24, 2.45) is 0 Å². The van der Waals surface area contributed by atoms with Crippen LogP contribution in [-0.2, 0) is 0 Å². The molecule has 74 heavy (non-hydrogen) atoms. The molecule has 0 N–H and O–H groups in total. The molecular weight excluding hydrogens is 937 g/mol. The third kappa shape index (κ3) is 10.1. The van der Waals surface area contributed by atoms with Gasteiger partial charge < -0.3 is 56.8 Å². The van der Waals surface area contributed by atoms with E-state index in [0.717, 1.165) is 77.9 Å². The second-order valence-corrected chi connectivity index (χ2v) is 16.7. The summed E-state index contributed by atoms with van der Waals surface area (Å²) in [7, 11) is 19.3. The smallest absolute Gasteiger partial charge is 0.203 e. The van der Waals surface area contributed by atoms with Crippen molar-refractivity contribution in [3.63, 3.8) is 0 Å². The lowest BCUT2D eigenvalue weighted by Gasteiger charge is -2.20. The predicted molar refractivity (Wildman–Crippen MR) is 291 cm³/mol. The molecule has 8 aromatic rings. The maximum Gasteiger partial charge on any atom is 0.203 e. The van der Waals surface area contributed by atoms with Crippen molar-refractivity contribution in [2.75, 3.05) is 85.3 Å². The fraction of sp³-hybridized carbons (Fsp3) is 0.194. The molecule has 0 atom stereocenters. The summed E-state index contributed by atoms with van der Waals surface area (Å²) in [4.78, 5) is 0. The number of hydrogen-bond donors (Lipinski definition) is 0. The summed E-state index contributed by atoms with van der Waals surface area (Å²) in [6.45, 7) is 0. The van der Waals surface area contributed by atoms with Crippen molar-refractivity contribution in [1.29, 1.82) is 0 Å². The molecule has 0 aliphatic carbocycles. The van der Waals surface area contributed by atoms with Gasteiger partial charge in [0.2, 0.25) is 23.0 Å². The second-order valence-electron chi connectivity index (χ2n) is 16.7. The molecule has 0 amide bonds. The Bertz CT molecular complexity index is 2730. The van der Waals surface area contributed by atoms with Crippen LogP contribution in [0.15, 0.2) is 146 Å². The van der Waals surface area contributed by atoms with E-state index in [1.807, 2.05) is 48.5 Å². The topological polar surface area (TPSA) is 111 Å². The van der Waals surface area contributed by atoms with Gasteiger partial charge in [0.25, 0.3) is 0 Å². The Morgan fingerprint density at radius 3 is 0.459 bits per heavy atom. The van der Waals surface area contributed by atoms with E-state index in [1.165, 1.54) is 0 Å². The Balaban J connectivity index is 1.37. The van der Waals surface area contributed by atoms with Gasteiger partial charge in [0.15, 0.2) is 46.0 Å². The molecule has 12 heteroatoms. The fourth-order valence-corrected chi connectivity index (χ4v) is 9.22. The summed E-state index contributed by atoms with van der Waals surface area (Å²) >= 11 is 0. The molecule has 0 fully saturated rings. The number of hydrogen-bond acceptors (Lipinski definition) is 12. The maximum atomic E-state index is 5.74. The van der Waals surface area contributed by atoms with E-state index in [0.29, 0.717) is 69.0 Å². The second kappa shape index (κ2) is 23.1. The molecule has 0 bridgehead atoms. The molecule has 0 heterocycles. The monoisotopic (exact) mass is 996 g/mol. The zero-order valence-corrected chi connectivity index (χ0v) is 43.8. The van der Waals surface area contributed by atoms with Crippen molar-refractivity contribution in [1.82, 2.24) is 0 Å². The summed E-state index contributed by atoms with van der Waals surface area (Å²) in [5.41, 5.74) is 13.3. The first-order chi connectivity index (χ1) is 36.1. The molecule has 0 aromatic heterocycles. The van der Waals surface area contributed by atoms with Crippen molar-refractivity contribution < 1.29 is 56.8 Å². The molecule has 0 aliphatic rings. The SMILES string of the molecule is COc1cc(-c2ccc(C(=C(c3ccc(-c4cc(OC)c(OC)c(OC)c4)cc3)c3ccc(-c4cc(OC)c(OC)c(OC)c4)cc3)c3ccc(-c4cc(OC)c(OC)c(OC)c4)cc3)cc2)cc(OC)c1OC. The summed E-state index contributed by atoms with van der Waals surface area (Å²) in [5, 5.41) is 0. The van der Waals surface area contributed by atoms with E-state index in [-0.39, 0.29) is 0 Å². The highest BCUT2D eigenvalue weighted by Gasteiger charge is 2.22. The average Bonchev–Trinajstić information content (AvgIpc) is 3.46. The van der Waals surface area contributed by atoms with Gasteiger partial charge in [0.1, 0.15) is 0 Å². The van der Waals surface area contributed by atoms with Crippen LogP contribution in [0, 0.1) is 0 Å². The molecule has 8 rings (SSSR count). The van der Waals surface area contributed by atoms with Gasteiger partial charge in [-0.05, 0) is 126 Å². The molecular formula is C62H60O12. The highest BCUT2D eigenvalue weighted by molar-refractivity contribution is 6.05. The Morgan fingerprint density at radius 1 is 0.189 bits per heavy atom. The summed E-state index contributed by atoms with van der Waals surface area (Å²) < 4.78 is 68.5. The Morgan fingerprint density at radius 2 is 0.338 bits per heavy atom. The molecule has 12 nitrogen and oxygen atoms in total. The summed E-state index contributed by atoms with van der Waals surface area (Å²) in [5.74, 6) is 6.57. The van der Waals surface area contributed by atoms with E-state index in [4.69, 9.17) is 56.8 Å². The predicted octanol–water partition coefficient (Wildman–Crippen LogP) is 13.5. The number of ether oxygens (including phenoxy) is 12. The number of methoxy groups -OCH3 is 12. The summed E-state index contributed by atoms with van der Waals surface area (Å²) in [6.07, 6.45) is 0. The highest BCUT2D eigenvalue weighted by Crippen LogP contribution is 2.47. The molecule has 0 unspecified atom stereocenters. The molecule has 0 radical (unpaired) electrons. The van der Waals surface area contributed by atoms with E-state index >= 15 is 0 Å². The lowest BCUT2D eigenvalue weighted by atomic mass is 9.84. The Labute approximate surface area is 433 Å². The first kappa shape index (κ1) is 51.5. The van der Waals surface area contributed by atoms with Crippen molar-refractivity contribution in [3.8, 4) is 114 Å². The highest BCUT2D eigenvalue weighted by atomic mass is 16.5. The van der Waals surface area contributed by atoms with Gasteiger partial charge in [-0.2, -0.15) is 0 Å². The molecule has 0 aliphatic heterocycles. The zero-order chi connectivity index (χ0) is 52.5. The van der Waals surface area contributed by atoms with Gasteiger partial charge in [-0.3, -0.25) is 0 Å². The van der Waals surface area contributed by atoms with Crippen LogP contribution in [0.2, 0.25) is 0 Å². The molecule has 8 aromatic carbocycles. The van der Waals surface area contributed by atoms with E-state index in [2.05, 4.69) is 97.1 Å². The number of benzene rings is 8. The maximum absolute atomic E-state index is 5.74. The van der Waals surface area contributed by atoms with Crippen LogP contribution in [-0.4, -0.2) is 85.3 Å². The normalized spacial score (nSPS) is 10.7. The Hall–Kier alpha value is -8.90. The van der Waals surface area contributed by atoms with Crippen LogP contribution in [0.4, 0.5) is 0 Å². The lowest BCUT2D eigenvalue weighted by Crippen LogP contribution is -1.99. The van der Waals surface area contributed by atoms with Crippen molar-refractivity contribution >= 4 is 11.1 Å². The van der Waals surface area contributed by atoms with Gasteiger partial charge >= 0.3 is 0 Å².